The molecular weight excluding hydrogens is 212 g/mol. The lowest BCUT2D eigenvalue weighted by molar-refractivity contribution is 0.0645. The summed E-state index contributed by atoms with van der Waals surface area (Å²) >= 11 is 1.35. The minimum atomic E-state index is 0.807. The van der Waals surface area contributed by atoms with Gasteiger partial charge in [0.2, 0.25) is 5.13 Å². The standard InChI is InChI=1S/C9H16N4OS/c1-13(9-10-11-12-15-9)5-2-8-3-6-14-7-4-8/h8H,2-7H2,1H3. The van der Waals surface area contributed by atoms with E-state index in [9.17, 15) is 0 Å². The highest BCUT2D eigenvalue weighted by Gasteiger charge is 2.15. The summed E-state index contributed by atoms with van der Waals surface area (Å²) in [7, 11) is 2.04. The Morgan fingerprint density at radius 1 is 1.47 bits per heavy atom. The number of anilines is 1. The second-order valence-corrected chi connectivity index (χ2v) is 4.62. The maximum atomic E-state index is 5.33. The molecule has 1 aromatic rings. The minimum absolute atomic E-state index is 0.807. The van der Waals surface area contributed by atoms with Crippen LogP contribution in [0.1, 0.15) is 19.3 Å². The van der Waals surface area contributed by atoms with Crippen LogP contribution in [0.25, 0.3) is 0 Å². The molecule has 1 aliphatic rings. The third-order valence-corrected chi connectivity index (χ3v) is 3.54. The molecule has 1 saturated heterocycles. The quantitative estimate of drug-likeness (QED) is 0.774. The predicted molar refractivity (Wildman–Crippen MR) is 59.1 cm³/mol. The number of aromatic nitrogens is 3. The van der Waals surface area contributed by atoms with Crippen LogP contribution in [0.4, 0.5) is 5.13 Å². The lowest BCUT2D eigenvalue weighted by atomic mass is 9.96. The van der Waals surface area contributed by atoms with Gasteiger partial charge < -0.3 is 9.64 Å². The Labute approximate surface area is 93.6 Å². The van der Waals surface area contributed by atoms with Gasteiger partial charge in [-0.3, -0.25) is 0 Å². The zero-order valence-corrected chi connectivity index (χ0v) is 9.74. The fourth-order valence-corrected chi connectivity index (χ4v) is 2.23. The molecule has 0 amide bonds. The number of ether oxygens (including phenoxy) is 1. The van der Waals surface area contributed by atoms with Crippen molar-refractivity contribution in [3.8, 4) is 0 Å². The van der Waals surface area contributed by atoms with Gasteiger partial charge >= 0.3 is 0 Å². The average molecular weight is 228 g/mol. The minimum Gasteiger partial charge on any atom is -0.381 e. The second-order valence-electron chi connectivity index (χ2n) is 3.91. The highest BCUT2D eigenvalue weighted by molar-refractivity contribution is 7.09. The number of hydrogen-bond acceptors (Lipinski definition) is 6. The third kappa shape index (κ3) is 3.10. The van der Waals surface area contributed by atoms with Crippen molar-refractivity contribution in [2.45, 2.75) is 19.3 Å². The van der Waals surface area contributed by atoms with Crippen LogP contribution in [0, 0.1) is 5.92 Å². The van der Waals surface area contributed by atoms with E-state index in [1.807, 2.05) is 7.05 Å². The molecule has 0 N–H and O–H groups in total. The Balaban J connectivity index is 1.73. The summed E-state index contributed by atoms with van der Waals surface area (Å²) in [6.45, 7) is 2.88. The van der Waals surface area contributed by atoms with Crippen LogP contribution in [0.2, 0.25) is 0 Å². The SMILES string of the molecule is CN(CCC1CCOCC1)c1nnns1. The second kappa shape index (κ2) is 5.37. The third-order valence-electron chi connectivity index (χ3n) is 2.83. The highest BCUT2D eigenvalue weighted by Crippen LogP contribution is 2.20. The molecule has 0 saturated carbocycles. The Kier molecular flexibility index (Phi) is 3.85. The van der Waals surface area contributed by atoms with E-state index >= 15 is 0 Å². The van der Waals surface area contributed by atoms with Gasteiger partial charge in [-0.05, 0) is 30.4 Å². The topological polar surface area (TPSA) is 51.1 Å². The number of rotatable bonds is 4. The van der Waals surface area contributed by atoms with Gasteiger partial charge in [0.05, 0.1) is 0 Å². The van der Waals surface area contributed by atoms with Crippen LogP contribution in [-0.4, -0.2) is 41.6 Å². The van der Waals surface area contributed by atoms with Crippen LogP contribution in [0.15, 0.2) is 0 Å². The predicted octanol–water partition coefficient (Wildman–Crippen LogP) is 1.19. The van der Waals surface area contributed by atoms with Crippen molar-refractivity contribution in [2.24, 2.45) is 5.92 Å². The van der Waals surface area contributed by atoms with Gasteiger partial charge in [-0.2, -0.15) is 0 Å². The summed E-state index contributed by atoms with van der Waals surface area (Å²) in [6, 6.07) is 0. The molecule has 15 heavy (non-hydrogen) atoms. The Bertz CT molecular complexity index is 274. The lowest BCUT2D eigenvalue weighted by Gasteiger charge is -2.24. The molecule has 0 radical (unpaired) electrons. The molecule has 1 aromatic heterocycles. The van der Waals surface area contributed by atoms with Crippen LogP contribution in [0.5, 0.6) is 0 Å². The largest absolute Gasteiger partial charge is 0.381 e. The lowest BCUT2D eigenvalue weighted by Crippen LogP contribution is -2.24. The van der Waals surface area contributed by atoms with Crippen LogP contribution in [-0.2, 0) is 4.74 Å². The van der Waals surface area contributed by atoms with Crippen LogP contribution >= 0.6 is 11.5 Å². The first-order valence-electron chi connectivity index (χ1n) is 5.30. The summed E-state index contributed by atoms with van der Waals surface area (Å²) in [5.74, 6) is 0.807. The molecule has 0 aromatic carbocycles. The van der Waals surface area contributed by atoms with Crippen LogP contribution < -0.4 is 4.90 Å². The molecule has 0 unspecified atom stereocenters. The van der Waals surface area contributed by atoms with Gasteiger partial charge in [0.25, 0.3) is 0 Å². The van der Waals surface area contributed by atoms with E-state index < -0.39 is 0 Å². The van der Waals surface area contributed by atoms with E-state index in [1.54, 1.807) is 0 Å². The van der Waals surface area contributed by atoms with Gasteiger partial charge in [0.15, 0.2) is 0 Å². The molecule has 1 aliphatic heterocycles. The van der Waals surface area contributed by atoms with Crippen molar-refractivity contribution in [3.63, 3.8) is 0 Å². The highest BCUT2D eigenvalue weighted by atomic mass is 32.1. The van der Waals surface area contributed by atoms with Crippen molar-refractivity contribution in [1.82, 2.24) is 14.8 Å². The fraction of sp³-hybridized carbons (Fsp3) is 0.889. The molecule has 0 bridgehead atoms. The first-order chi connectivity index (χ1) is 7.36. The molecular formula is C9H16N4OS. The smallest absolute Gasteiger partial charge is 0.227 e. The summed E-state index contributed by atoms with van der Waals surface area (Å²) in [5, 5.41) is 8.44. The van der Waals surface area contributed by atoms with Crippen LogP contribution in [0.3, 0.4) is 0 Å². The maximum Gasteiger partial charge on any atom is 0.227 e. The summed E-state index contributed by atoms with van der Waals surface area (Å²) in [5.41, 5.74) is 0. The molecule has 5 nitrogen and oxygen atoms in total. The first-order valence-corrected chi connectivity index (χ1v) is 6.07. The number of hydrogen-bond donors (Lipinski definition) is 0. The van der Waals surface area contributed by atoms with Crippen molar-refractivity contribution in [3.05, 3.63) is 0 Å². The molecule has 6 heteroatoms. The maximum absolute atomic E-state index is 5.33. The summed E-state index contributed by atoms with van der Waals surface area (Å²) < 4.78 is 9.09. The molecule has 2 heterocycles. The molecule has 2 rings (SSSR count). The Morgan fingerprint density at radius 3 is 2.93 bits per heavy atom. The Morgan fingerprint density at radius 2 is 2.27 bits per heavy atom. The zero-order chi connectivity index (χ0) is 10.5. The van der Waals surface area contributed by atoms with Gasteiger partial charge in [-0.15, -0.1) is 0 Å². The number of nitrogens with zero attached hydrogens (tertiary/aromatic N) is 4. The van der Waals surface area contributed by atoms with E-state index in [1.165, 1.54) is 30.8 Å². The van der Waals surface area contributed by atoms with Crippen molar-refractivity contribution < 1.29 is 4.74 Å². The van der Waals surface area contributed by atoms with E-state index in [0.717, 1.165) is 30.8 Å². The first kappa shape index (κ1) is 10.8. The molecule has 0 aliphatic carbocycles. The Hall–Kier alpha value is -0.750. The van der Waals surface area contributed by atoms with Crippen molar-refractivity contribution >= 4 is 16.7 Å². The molecule has 84 valence electrons. The van der Waals surface area contributed by atoms with E-state index in [4.69, 9.17) is 4.74 Å². The summed E-state index contributed by atoms with van der Waals surface area (Å²) in [4.78, 5) is 2.13. The van der Waals surface area contributed by atoms with Gasteiger partial charge in [0, 0.05) is 38.3 Å². The van der Waals surface area contributed by atoms with Crippen molar-refractivity contribution in [2.75, 3.05) is 31.7 Å². The van der Waals surface area contributed by atoms with E-state index in [2.05, 4.69) is 19.7 Å². The fourth-order valence-electron chi connectivity index (χ4n) is 1.78. The van der Waals surface area contributed by atoms with E-state index in [0.29, 0.717) is 0 Å². The van der Waals surface area contributed by atoms with Gasteiger partial charge in [-0.1, -0.05) is 9.59 Å². The normalized spacial score (nSPS) is 17.9. The average Bonchev–Trinajstić information content (AvgIpc) is 2.81. The van der Waals surface area contributed by atoms with Gasteiger partial charge in [0.1, 0.15) is 0 Å². The zero-order valence-electron chi connectivity index (χ0n) is 8.93. The molecule has 0 spiro atoms. The summed E-state index contributed by atoms with van der Waals surface area (Å²) in [6.07, 6.45) is 3.60. The monoisotopic (exact) mass is 228 g/mol. The molecule has 1 fully saturated rings. The van der Waals surface area contributed by atoms with Crippen molar-refractivity contribution in [1.29, 1.82) is 0 Å². The molecule has 0 atom stereocenters. The van der Waals surface area contributed by atoms with E-state index in [-0.39, 0.29) is 0 Å². The van der Waals surface area contributed by atoms with Gasteiger partial charge in [-0.25, -0.2) is 0 Å².